The van der Waals surface area contributed by atoms with Gasteiger partial charge in [0.25, 0.3) is 0 Å². The molecule has 1 amide bonds. The number of aryl methyl sites for hydroxylation is 2. The molecule has 0 bridgehead atoms. The number of ether oxygens (including phenoxy) is 1. The Morgan fingerprint density at radius 1 is 1.08 bits per heavy atom. The van der Waals surface area contributed by atoms with Crippen molar-refractivity contribution in [2.24, 2.45) is 0 Å². The fraction of sp³-hybridized carbons (Fsp3) is 0.263. The van der Waals surface area contributed by atoms with Crippen LogP contribution in [0, 0.1) is 13.8 Å². The standard InChI is InChI=1S/C19H21NO4/c1-13-5-6-14(2)17(12-13)24-11-3-4-18(21)20-16-9-7-15(8-10-16)19(22)23/h5-10,12H,3-4,11H2,1-2H3,(H,20,21)(H,22,23). The minimum Gasteiger partial charge on any atom is -0.493 e. The summed E-state index contributed by atoms with van der Waals surface area (Å²) in [6.07, 6.45) is 0.942. The fourth-order valence-electron chi connectivity index (χ4n) is 2.20. The summed E-state index contributed by atoms with van der Waals surface area (Å²) in [5, 5.41) is 11.6. The van der Waals surface area contributed by atoms with Crippen LogP contribution >= 0.6 is 0 Å². The largest absolute Gasteiger partial charge is 0.493 e. The first-order chi connectivity index (χ1) is 11.5. The molecule has 0 saturated carbocycles. The molecule has 0 radical (unpaired) electrons. The Morgan fingerprint density at radius 3 is 2.46 bits per heavy atom. The zero-order valence-electron chi connectivity index (χ0n) is 13.8. The summed E-state index contributed by atoms with van der Waals surface area (Å²) in [7, 11) is 0. The number of rotatable bonds is 7. The van der Waals surface area contributed by atoms with Crippen molar-refractivity contribution in [3.05, 3.63) is 59.2 Å². The first-order valence-electron chi connectivity index (χ1n) is 7.79. The van der Waals surface area contributed by atoms with Crippen molar-refractivity contribution >= 4 is 17.6 Å². The van der Waals surface area contributed by atoms with Crippen LogP contribution in [0.15, 0.2) is 42.5 Å². The molecule has 0 aliphatic heterocycles. The van der Waals surface area contributed by atoms with Gasteiger partial charge >= 0.3 is 5.97 Å². The van der Waals surface area contributed by atoms with Crippen molar-refractivity contribution in [3.63, 3.8) is 0 Å². The maximum absolute atomic E-state index is 11.9. The van der Waals surface area contributed by atoms with Crippen molar-refractivity contribution < 1.29 is 19.4 Å². The highest BCUT2D eigenvalue weighted by atomic mass is 16.5. The molecule has 2 aromatic rings. The van der Waals surface area contributed by atoms with E-state index >= 15 is 0 Å². The molecule has 0 spiro atoms. The van der Waals surface area contributed by atoms with Gasteiger partial charge in [0.1, 0.15) is 5.75 Å². The minimum absolute atomic E-state index is 0.123. The summed E-state index contributed by atoms with van der Waals surface area (Å²) < 4.78 is 5.72. The van der Waals surface area contributed by atoms with Crippen LogP contribution in [0.2, 0.25) is 0 Å². The lowest BCUT2D eigenvalue weighted by Crippen LogP contribution is -2.13. The van der Waals surface area contributed by atoms with Crippen molar-refractivity contribution in [2.45, 2.75) is 26.7 Å². The number of hydrogen-bond donors (Lipinski definition) is 2. The number of carboxylic acid groups (broad SMARTS) is 1. The van der Waals surface area contributed by atoms with Gasteiger partial charge in [-0.25, -0.2) is 4.79 Å². The molecule has 0 aromatic heterocycles. The van der Waals surface area contributed by atoms with E-state index in [1.165, 1.54) is 12.1 Å². The molecule has 5 nitrogen and oxygen atoms in total. The number of benzene rings is 2. The molecule has 0 saturated heterocycles. The maximum Gasteiger partial charge on any atom is 0.335 e. The van der Waals surface area contributed by atoms with Gasteiger partial charge in [0.15, 0.2) is 0 Å². The topological polar surface area (TPSA) is 75.6 Å². The van der Waals surface area contributed by atoms with E-state index in [2.05, 4.69) is 5.32 Å². The van der Waals surface area contributed by atoms with Gasteiger partial charge in [-0.3, -0.25) is 4.79 Å². The highest BCUT2D eigenvalue weighted by Gasteiger charge is 2.06. The van der Waals surface area contributed by atoms with Crippen LogP contribution in [-0.2, 0) is 4.79 Å². The number of aromatic carboxylic acids is 1. The molecule has 0 fully saturated rings. The highest BCUT2D eigenvalue weighted by Crippen LogP contribution is 2.19. The molecule has 0 heterocycles. The summed E-state index contributed by atoms with van der Waals surface area (Å²) >= 11 is 0. The molecule has 0 unspecified atom stereocenters. The third-order valence-electron chi connectivity index (χ3n) is 3.56. The highest BCUT2D eigenvalue weighted by molar-refractivity contribution is 5.92. The Kier molecular flexibility index (Phi) is 5.95. The zero-order valence-corrected chi connectivity index (χ0v) is 13.8. The number of carboxylic acids is 1. The van der Waals surface area contributed by atoms with Crippen molar-refractivity contribution in [2.75, 3.05) is 11.9 Å². The van der Waals surface area contributed by atoms with E-state index in [0.29, 0.717) is 25.1 Å². The van der Waals surface area contributed by atoms with Gasteiger partial charge in [-0.2, -0.15) is 0 Å². The number of amides is 1. The smallest absolute Gasteiger partial charge is 0.335 e. The molecule has 126 valence electrons. The van der Waals surface area contributed by atoms with Crippen LogP contribution in [0.25, 0.3) is 0 Å². The number of carbonyl (C=O) groups is 2. The quantitative estimate of drug-likeness (QED) is 0.759. The predicted molar refractivity (Wildman–Crippen MR) is 92.7 cm³/mol. The van der Waals surface area contributed by atoms with E-state index in [9.17, 15) is 9.59 Å². The molecule has 2 N–H and O–H groups in total. The van der Waals surface area contributed by atoms with E-state index in [1.807, 2.05) is 32.0 Å². The molecule has 2 rings (SSSR count). The van der Waals surface area contributed by atoms with Crippen LogP contribution in [0.3, 0.4) is 0 Å². The van der Waals surface area contributed by atoms with Gasteiger partial charge in [-0.15, -0.1) is 0 Å². The molecule has 0 aliphatic carbocycles. The first-order valence-corrected chi connectivity index (χ1v) is 7.79. The summed E-state index contributed by atoms with van der Waals surface area (Å²) in [5.74, 6) is -0.265. The minimum atomic E-state index is -0.989. The summed E-state index contributed by atoms with van der Waals surface area (Å²) in [4.78, 5) is 22.7. The van der Waals surface area contributed by atoms with Crippen LogP contribution in [0.4, 0.5) is 5.69 Å². The van der Waals surface area contributed by atoms with Crippen LogP contribution in [0.5, 0.6) is 5.75 Å². The van der Waals surface area contributed by atoms with Gasteiger partial charge in [0.05, 0.1) is 12.2 Å². The SMILES string of the molecule is Cc1ccc(C)c(OCCCC(=O)Nc2ccc(C(=O)O)cc2)c1. The summed E-state index contributed by atoms with van der Waals surface area (Å²) in [6.45, 7) is 4.47. The second kappa shape index (κ2) is 8.15. The normalized spacial score (nSPS) is 10.2. The Bertz CT molecular complexity index is 723. The molecule has 5 heteroatoms. The third kappa shape index (κ3) is 5.12. The van der Waals surface area contributed by atoms with E-state index in [4.69, 9.17) is 9.84 Å². The number of anilines is 1. The van der Waals surface area contributed by atoms with Crippen molar-refractivity contribution in [1.82, 2.24) is 0 Å². The lowest BCUT2D eigenvalue weighted by Gasteiger charge is -2.10. The molecule has 24 heavy (non-hydrogen) atoms. The van der Waals surface area contributed by atoms with Crippen LogP contribution in [-0.4, -0.2) is 23.6 Å². The first kappa shape index (κ1) is 17.5. The Balaban J connectivity index is 1.75. The summed E-state index contributed by atoms with van der Waals surface area (Å²) in [6, 6.07) is 12.1. The summed E-state index contributed by atoms with van der Waals surface area (Å²) in [5.41, 5.74) is 2.98. The number of hydrogen-bond acceptors (Lipinski definition) is 3. The molecule has 0 atom stereocenters. The predicted octanol–water partition coefficient (Wildman–Crippen LogP) is 3.80. The lowest BCUT2D eigenvalue weighted by atomic mass is 10.1. The van der Waals surface area contributed by atoms with E-state index in [0.717, 1.165) is 16.9 Å². The van der Waals surface area contributed by atoms with Crippen molar-refractivity contribution in [3.8, 4) is 5.75 Å². The fourth-order valence-corrected chi connectivity index (χ4v) is 2.20. The van der Waals surface area contributed by atoms with Gasteiger partial charge in [-0.1, -0.05) is 12.1 Å². The van der Waals surface area contributed by atoms with Gasteiger partial charge < -0.3 is 15.2 Å². The lowest BCUT2D eigenvalue weighted by molar-refractivity contribution is -0.116. The van der Waals surface area contributed by atoms with Gasteiger partial charge in [0, 0.05) is 12.1 Å². The van der Waals surface area contributed by atoms with E-state index in [-0.39, 0.29) is 11.5 Å². The molecular formula is C19H21NO4. The average Bonchev–Trinajstić information content (AvgIpc) is 2.55. The van der Waals surface area contributed by atoms with Crippen molar-refractivity contribution in [1.29, 1.82) is 0 Å². The Morgan fingerprint density at radius 2 is 1.79 bits per heavy atom. The molecule has 2 aromatic carbocycles. The van der Waals surface area contributed by atoms with Gasteiger partial charge in [0.2, 0.25) is 5.91 Å². The average molecular weight is 327 g/mol. The van der Waals surface area contributed by atoms with E-state index < -0.39 is 5.97 Å². The second-order valence-electron chi connectivity index (χ2n) is 5.65. The van der Waals surface area contributed by atoms with Gasteiger partial charge in [-0.05, 0) is 61.7 Å². The second-order valence-corrected chi connectivity index (χ2v) is 5.65. The van der Waals surface area contributed by atoms with Crippen LogP contribution < -0.4 is 10.1 Å². The monoisotopic (exact) mass is 327 g/mol. The number of nitrogens with one attached hydrogen (secondary N) is 1. The van der Waals surface area contributed by atoms with E-state index in [1.54, 1.807) is 12.1 Å². The van der Waals surface area contributed by atoms with Crippen LogP contribution in [0.1, 0.15) is 34.3 Å². The maximum atomic E-state index is 11.9. The number of carbonyl (C=O) groups excluding carboxylic acids is 1. The Labute approximate surface area is 141 Å². The zero-order chi connectivity index (χ0) is 17.5. The molecular weight excluding hydrogens is 306 g/mol. The molecule has 0 aliphatic rings. The third-order valence-corrected chi connectivity index (χ3v) is 3.56. The Hall–Kier alpha value is -2.82.